The van der Waals surface area contributed by atoms with Crippen molar-refractivity contribution in [2.24, 2.45) is 5.73 Å². The standard InChI is InChI=1S/C8H13N/c1-3-4-5-6-7-8(2)9/h4-5,8H,3,9H2,1-2H3/b5-4+. The van der Waals surface area contributed by atoms with Crippen molar-refractivity contribution in [3.05, 3.63) is 12.2 Å². The third-order valence-electron chi connectivity index (χ3n) is 0.748. The van der Waals surface area contributed by atoms with Crippen LogP contribution in [0.25, 0.3) is 0 Å². The first-order valence-electron chi connectivity index (χ1n) is 3.19. The van der Waals surface area contributed by atoms with Gasteiger partial charge in [0.1, 0.15) is 0 Å². The van der Waals surface area contributed by atoms with Gasteiger partial charge >= 0.3 is 0 Å². The molecular weight excluding hydrogens is 110 g/mol. The van der Waals surface area contributed by atoms with Crippen molar-refractivity contribution in [3.63, 3.8) is 0 Å². The summed E-state index contributed by atoms with van der Waals surface area (Å²) in [4.78, 5) is 0. The highest BCUT2D eigenvalue weighted by atomic mass is 14.6. The molecule has 0 aromatic carbocycles. The van der Waals surface area contributed by atoms with Gasteiger partial charge in [-0.3, -0.25) is 0 Å². The van der Waals surface area contributed by atoms with Gasteiger partial charge in [0.2, 0.25) is 0 Å². The lowest BCUT2D eigenvalue weighted by molar-refractivity contribution is 0.959. The number of hydrogen-bond acceptors (Lipinski definition) is 1. The fourth-order valence-corrected chi connectivity index (χ4v) is 0.356. The molecule has 1 unspecified atom stereocenters. The normalized spacial score (nSPS) is 12.8. The highest BCUT2D eigenvalue weighted by molar-refractivity contribution is 5.17. The van der Waals surface area contributed by atoms with E-state index >= 15 is 0 Å². The van der Waals surface area contributed by atoms with Gasteiger partial charge in [0.15, 0.2) is 0 Å². The van der Waals surface area contributed by atoms with Crippen molar-refractivity contribution in [2.45, 2.75) is 26.3 Å². The van der Waals surface area contributed by atoms with Crippen LogP contribution in [0.15, 0.2) is 12.2 Å². The van der Waals surface area contributed by atoms with E-state index in [0.29, 0.717) is 0 Å². The molecule has 0 spiro atoms. The van der Waals surface area contributed by atoms with Crippen molar-refractivity contribution >= 4 is 0 Å². The number of hydrogen-bond donors (Lipinski definition) is 1. The fraction of sp³-hybridized carbons (Fsp3) is 0.500. The van der Waals surface area contributed by atoms with Gasteiger partial charge in [-0.15, -0.1) is 0 Å². The van der Waals surface area contributed by atoms with Crippen LogP contribution in [0.4, 0.5) is 0 Å². The van der Waals surface area contributed by atoms with Crippen molar-refractivity contribution in [2.75, 3.05) is 0 Å². The van der Waals surface area contributed by atoms with Crippen LogP contribution in [0.2, 0.25) is 0 Å². The third kappa shape index (κ3) is 7.26. The third-order valence-corrected chi connectivity index (χ3v) is 0.748. The molecule has 0 rings (SSSR count). The zero-order valence-electron chi connectivity index (χ0n) is 6.02. The minimum atomic E-state index is -0.00786. The molecule has 0 aromatic rings. The van der Waals surface area contributed by atoms with E-state index in [2.05, 4.69) is 18.8 Å². The summed E-state index contributed by atoms with van der Waals surface area (Å²) in [6.07, 6.45) is 4.88. The molecule has 0 aromatic heterocycles. The van der Waals surface area contributed by atoms with Gasteiger partial charge in [-0.25, -0.2) is 0 Å². The number of allylic oxidation sites excluding steroid dienone is 2. The minimum absolute atomic E-state index is 0.00786. The topological polar surface area (TPSA) is 26.0 Å². The first-order chi connectivity index (χ1) is 4.27. The Balaban J connectivity index is 3.49. The maximum atomic E-state index is 5.37. The lowest BCUT2D eigenvalue weighted by atomic mass is 10.3. The maximum Gasteiger partial charge on any atom is 0.0639 e. The van der Waals surface area contributed by atoms with Gasteiger partial charge in [-0.2, -0.15) is 0 Å². The van der Waals surface area contributed by atoms with E-state index in [1.165, 1.54) is 0 Å². The summed E-state index contributed by atoms with van der Waals surface area (Å²) >= 11 is 0. The van der Waals surface area contributed by atoms with E-state index in [1.54, 1.807) is 0 Å². The Morgan fingerprint density at radius 3 is 2.78 bits per heavy atom. The van der Waals surface area contributed by atoms with Crippen molar-refractivity contribution in [1.82, 2.24) is 0 Å². The van der Waals surface area contributed by atoms with E-state index in [1.807, 2.05) is 19.1 Å². The molecule has 1 heteroatoms. The maximum absolute atomic E-state index is 5.37. The summed E-state index contributed by atoms with van der Waals surface area (Å²) in [7, 11) is 0. The molecule has 0 amide bonds. The van der Waals surface area contributed by atoms with E-state index in [4.69, 9.17) is 5.73 Å². The van der Waals surface area contributed by atoms with Gasteiger partial charge in [0, 0.05) is 0 Å². The average Bonchev–Trinajstić information content (AvgIpc) is 1.80. The van der Waals surface area contributed by atoms with Crippen LogP contribution < -0.4 is 5.73 Å². The molecular formula is C8H13N. The average molecular weight is 123 g/mol. The summed E-state index contributed by atoms with van der Waals surface area (Å²) in [5, 5.41) is 0. The van der Waals surface area contributed by atoms with Gasteiger partial charge in [0.25, 0.3) is 0 Å². The molecule has 0 aliphatic carbocycles. The van der Waals surface area contributed by atoms with E-state index in [9.17, 15) is 0 Å². The van der Waals surface area contributed by atoms with Crippen LogP contribution >= 0.6 is 0 Å². The quantitative estimate of drug-likeness (QED) is 0.522. The Labute approximate surface area is 56.9 Å². The summed E-state index contributed by atoms with van der Waals surface area (Å²) in [6.45, 7) is 3.94. The molecule has 0 saturated heterocycles. The smallest absolute Gasteiger partial charge is 0.0639 e. The highest BCUT2D eigenvalue weighted by Crippen LogP contribution is 1.76. The van der Waals surface area contributed by atoms with Crippen molar-refractivity contribution < 1.29 is 0 Å². The molecule has 0 fully saturated rings. The van der Waals surface area contributed by atoms with Gasteiger partial charge in [-0.05, 0) is 19.4 Å². The number of nitrogens with two attached hydrogens (primary N) is 1. The van der Waals surface area contributed by atoms with Crippen LogP contribution in [0.5, 0.6) is 0 Å². The molecule has 0 aliphatic heterocycles. The minimum Gasteiger partial charge on any atom is -0.318 e. The predicted molar refractivity (Wildman–Crippen MR) is 40.9 cm³/mol. The predicted octanol–water partition coefficient (Wildman–Crippen LogP) is 1.30. The molecule has 1 atom stereocenters. The Kier molecular flexibility index (Phi) is 4.95. The first-order valence-corrected chi connectivity index (χ1v) is 3.19. The molecule has 0 bridgehead atoms. The molecule has 0 saturated carbocycles. The first kappa shape index (κ1) is 8.26. The summed E-state index contributed by atoms with van der Waals surface area (Å²) in [6, 6.07) is -0.00786. The van der Waals surface area contributed by atoms with Crippen molar-refractivity contribution in [3.8, 4) is 11.8 Å². The number of rotatable bonds is 1. The fourth-order valence-electron chi connectivity index (χ4n) is 0.356. The summed E-state index contributed by atoms with van der Waals surface area (Å²) in [5.74, 6) is 5.65. The van der Waals surface area contributed by atoms with Crippen LogP contribution in [-0.2, 0) is 0 Å². The Morgan fingerprint density at radius 1 is 1.67 bits per heavy atom. The molecule has 0 heterocycles. The van der Waals surface area contributed by atoms with Gasteiger partial charge in [-0.1, -0.05) is 24.8 Å². The Hall–Kier alpha value is -0.740. The lowest BCUT2D eigenvalue weighted by Gasteiger charge is -1.84. The zero-order chi connectivity index (χ0) is 7.11. The van der Waals surface area contributed by atoms with Crippen molar-refractivity contribution in [1.29, 1.82) is 0 Å². The monoisotopic (exact) mass is 123 g/mol. The van der Waals surface area contributed by atoms with E-state index in [-0.39, 0.29) is 6.04 Å². The van der Waals surface area contributed by atoms with Gasteiger partial charge < -0.3 is 5.73 Å². The van der Waals surface area contributed by atoms with Gasteiger partial charge in [0.05, 0.1) is 6.04 Å². The molecule has 9 heavy (non-hydrogen) atoms. The highest BCUT2D eigenvalue weighted by Gasteiger charge is 1.76. The van der Waals surface area contributed by atoms with E-state index in [0.717, 1.165) is 6.42 Å². The van der Waals surface area contributed by atoms with Crippen LogP contribution in [0, 0.1) is 11.8 Å². The van der Waals surface area contributed by atoms with Crippen LogP contribution in [-0.4, -0.2) is 6.04 Å². The summed E-state index contributed by atoms with van der Waals surface area (Å²) < 4.78 is 0. The lowest BCUT2D eigenvalue weighted by Crippen LogP contribution is -2.10. The zero-order valence-corrected chi connectivity index (χ0v) is 6.02. The second kappa shape index (κ2) is 5.40. The largest absolute Gasteiger partial charge is 0.318 e. The molecule has 50 valence electrons. The summed E-state index contributed by atoms with van der Waals surface area (Å²) in [5.41, 5.74) is 5.37. The molecule has 0 radical (unpaired) electrons. The van der Waals surface area contributed by atoms with Crippen LogP contribution in [0.1, 0.15) is 20.3 Å². The molecule has 2 N–H and O–H groups in total. The molecule has 0 aliphatic rings. The van der Waals surface area contributed by atoms with Crippen LogP contribution in [0.3, 0.4) is 0 Å². The second-order valence-electron chi connectivity index (χ2n) is 1.89. The Morgan fingerprint density at radius 2 is 2.33 bits per heavy atom. The molecule has 1 nitrogen and oxygen atoms in total. The second-order valence-corrected chi connectivity index (χ2v) is 1.89. The van der Waals surface area contributed by atoms with E-state index < -0.39 is 0 Å². The Bertz CT molecular complexity index is 134. The SMILES string of the molecule is CC/C=C/C#CC(C)N.